The minimum absolute atomic E-state index is 0.211. The summed E-state index contributed by atoms with van der Waals surface area (Å²) in [5.74, 6) is 2.83. The molecule has 5 nitrogen and oxygen atoms in total. The van der Waals surface area contributed by atoms with E-state index in [9.17, 15) is 4.79 Å². The molecular weight excluding hydrogens is 438 g/mol. The van der Waals surface area contributed by atoms with Gasteiger partial charge in [-0.25, -0.2) is 4.98 Å². The molecule has 1 aromatic heterocycles. The lowest BCUT2D eigenvalue weighted by molar-refractivity contribution is -0.130. The SMILES string of the molecule is CSc1ccc(-c2nc(CSCC(=O)N3CCN(Cc4ccccc4)CC3)c(C)o2)cc1. The maximum absolute atomic E-state index is 12.7. The molecule has 1 fully saturated rings. The first-order valence-corrected chi connectivity index (χ1v) is 13.2. The molecule has 0 unspecified atom stereocenters. The maximum atomic E-state index is 12.7. The molecule has 4 rings (SSSR count). The number of carbonyl (C=O) groups is 1. The minimum Gasteiger partial charge on any atom is -0.441 e. The van der Waals surface area contributed by atoms with E-state index < -0.39 is 0 Å². The lowest BCUT2D eigenvalue weighted by Gasteiger charge is -2.34. The van der Waals surface area contributed by atoms with Crippen LogP contribution in [-0.4, -0.2) is 58.9 Å². The molecule has 168 valence electrons. The van der Waals surface area contributed by atoms with E-state index in [0.29, 0.717) is 17.4 Å². The van der Waals surface area contributed by atoms with Crippen LogP contribution in [0.3, 0.4) is 0 Å². The molecule has 0 radical (unpaired) electrons. The van der Waals surface area contributed by atoms with Gasteiger partial charge in [-0.15, -0.1) is 23.5 Å². The first kappa shape index (κ1) is 23.0. The molecule has 2 heterocycles. The Labute approximate surface area is 198 Å². The Morgan fingerprint density at radius 2 is 1.75 bits per heavy atom. The van der Waals surface area contributed by atoms with E-state index in [2.05, 4.69) is 52.5 Å². The molecule has 0 N–H and O–H groups in total. The zero-order chi connectivity index (χ0) is 22.3. The fourth-order valence-electron chi connectivity index (χ4n) is 3.74. The molecular formula is C25H29N3O2S2. The van der Waals surface area contributed by atoms with Crippen LogP contribution in [0, 0.1) is 6.92 Å². The van der Waals surface area contributed by atoms with Gasteiger partial charge in [0.2, 0.25) is 11.8 Å². The highest BCUT2D eigenvalue weighted by Gasteiger charge is 2.21. The predicted molar refractivity (Wildman–Crippen MR) is 133 cm³/mol. The van der Waals surface area contributed by atoms with E-state index in [1.54, 1.807) is 23.5 Å². The van der Waals surface area contributed by atoms with Gasteiger partial charge in [-0.1, -0.05) is 30.3 Å². The lowest BCUT2D eigenvalue weighted by atomic mass is 10.2. The number of nitrogens with zero attached hydrogens (tertiary/aromatic N) is 3. The van der Waals surface area contributed by atoms with Crippen LogP contribution < -0.4 is 0 Å². The van der Waals surface area contributed by atoms with Crippen LogP contribution >= 0.6 is 23.5 Å². The summed E-state index contributed by atoms with van der Waals surface area (Å²) in [4.78, 5) is 23.0. The number of aromatic nitrogens is 1. The second-order valence-electron chi connectivity index (χ2n) is 7.89. The number of hydrogen-bond acceptors (Lipinski definition) is 6. The number of amides is 1. The topological polar surface area (TPSA) is 49.6 Å². The van der Waals surface area contributed by atoms with Crippen LogP contribution in [0.4, 0.5) is 0 Å². The number of hydrogen-bond donors (Lipinski definition) is 0. The fourth-order valence-corrected chi connectivity index (χ4v) is 5.07. The average molecular weight is 468 g/mol. The van der Waals surface area contributed by atoms with Crippen LogP contribution in [0.1, 0.15) is 17.0 Å². The third-order valence-electron chi connectivity index (χ3n) is 5.67. The van der Waals surface area contributed by atoms with Crippen molar-refractivity contribution < 1.29 is 9.21 Å². The number of thioether (sulfide) groups is 2. The molecule has 32 heavy (non-hydrogen) atoms. The third-order valence-corrected chi connectivity index (χ3v) is 7.34. The van der Waals surface area contributed by atoms with Crippen molar-refractivity contribution in [3.8, 4) is 11.5 Å². The molecule has 2 aromatic carbocycles. The maximum Gasteiger partial charge on any atom is 0.232 e. The van der Waals surface area contributed by atoms with E-state index in [1.165, 1.54) is 10.5 Å². The number of carbonyl (C=O) groups excluding carboxylic acids is 1. The summed E-state index contributed by atoms with van der Waals surface area (Å²) in [6.07, 6.45) is 2.06. The molecule has 1 aliphatic heterocycles. The van der Waals surface area contributed by atoms with Crippen LogP contribution in [0.15, 0.2) is 63.9 Å². The Morgan fingerprint density at radius 3 is 2.44 bits per heavy atom. The van der Waals surface area contributed by atoms with Gasteiger partial charge in [-0.3, -0.25) is 9.69 Å². The molecule has 0 saturated carbocycles. The molecule has 3 aromatic rings. The van der Waals surface area contributed by atoms with Crippen LogP contribution in [0.25, 0.3) is 11.5 Å². The summed E-state index contributed by atoms with van der Waals surface area (Å²) in [6.45, 7) is 6.33. The standard InChI is InChI=1S/C25H29N3O2S2/c1-19-23(26-25(30-19)21-8-10-22(31-2)11-9-21)17-32-18-24(29)28-14-12-27(13-15-28)16-20-6-4-3-5-7-20/h3-11H,12-18H2,1-2H3. The van der Waals surface area contributed by atoms with Crippen molar-refractivity contribution in [1.29, 1.82) is 0 Å². The summed E-state index contributed by atoms with van der Waals surface area (Å²) < 4.78 is 5.88. The summed E-state index contributed by atoms with van der Waals surface area (Å²) in [6, 6.07) is 18.7. The Hall–Kier alpha value is -2.22. The van der Waals surface area contributed by atoms with Gasteiger partial charge in [0.25, 0.3) is 0 Å². The van der Waals surface area contributed by atoms with Crippen molar-refractivity contribution in [2.75, 3.05) is 38.2 Å². The summed E-state index contributed by atoms with van der Waals surface area (Å²) in [5.41, 5.74) is 3.22. The minimum atomic E-state index is 0.211. The van der Waals surface area contributed by atoms with E-state index in [-0.39, 0.29) is 5.91 Å². The zero-order valence-electron chi connectivity index (χ0n) is 18.6. The van der Waals surface area contributed by atoms with Gasteiger partial charge >= 0.3 is 0 Å². The smallest absolute Gasteiger partial charge is 0.232 e. The van der Waals surface area contributed by atoms with Gasteiger partial charge < -0.3 is 9.32 Å². The summed E-state index contributed by atoms with van der Waals surface area (Å²) in [5, 5.41) is 0. The molecule has 0 aliphatic carbocycles. The third kappa shape index (κ3) is 5.97. The van der Waals surface area contributed by atoms with Gasteiger partial charge in [-0.05, 0) is 43.0 Å². The van der Waals surface area contributed by atoms with Crippen molar-refractivity contribution in [3.63, 3.8) is 0 Å². The predicted octanol–water partition coefficient (Wildman–Crippen LogP) is 4.95. The van der Waals surface area contributed by atoms with Crippen LogP contribution in [-0.2, 0) is 17.1 Å². The van der Waals surface area contributed by atoms with E-state index in [4.69, 9.17) is 4.42 Å². The molecule has 0 atom stereocenters. The first-order chi connectivity index (χ1) is 15.6. The Balaban J connectivity index is 1.22. The average Bonchev–Trinajstić information content (AvgIpc) is 3.20. The van der Waals surface area contributed by atoms with E-state index >= 15 is 0 Å². The number of piperazine rings is 1. The van der Waals surface area contributed by atoms with Crippen molar-refractivity contribution in [2.24, 2.45) is 0 Å². The van der Waals surface area contributed by atoms with Crippen molar-refractivity contribution in [3.05, 3.63) is 71.6 Å². The van der Waals surface area contributed by atoms with Crippen LogP contribution in [0.2, 0.25) is 0 Å². The molecule has 1 aliphatic rings. The van der Waals surface area contributed by atoms with Crippen molar-refractivity contribution in [2.45, 2.75) is 24.1 Å². The normalized spacial score (nSPS) is 14.6. The Kier molecular flexibility index (Phi) is 7.95. The van der Waals surface area contributed by atoms with Crippen LogP contribution in [0.5, 0.6) is 0 Å². The molecule has 7 heteroatoms. The highest BCUT2D eigenvalue weighted by atomic mass is 32.2. The summed E-state index contributed by atoms with van der Waals surface area (Å²) in [7, 11) is 0. The lowest BCUT2D eigenvalue weighted by Crippen LogP contribution is -2.48. The highest BCUT2D eigenvalue weighted by Crippen LogP contribution is 2.26. The first-order valence-electron chi connectivity index (χ1n) is 10.8. The summed E-state index contributed by atoms with van der Waals surface area (Å²) >= 11 is 3.32. The molecule has 1 saturated heterocycles. The van der Waals surface area contributed by atoms with Gasteiger partial charge in [0, 0.05) is 48.9 Å². The van der Waals surface area contributed by atoms with Crippen molar-refractivity contribution in [1.82, 2.24) is 14.8 Å². The molecule has 1 amide bonds. The number of oxazole rings is 1. The number of aryl methyl sites for hydroxylation is 1. The quantitative estimate of drug-likeness (QED) is 0.437. The Bertz CT molecular complexity index is 1010. The largest absolute Gasteiger partial charge is 0.441 e. The number of rotatable bonds is 8. The molecule has 0 bridgehead atoms. The monoisotopic (exact) mass is 467 g/mol. The Morgan fingerprint density at radius 1 is 1.03 bits per heavy atom. The molecule has 0 spiro atoms. The highest BCUT2D eigenvalue weighted by molar-refractivity contribution is 7.99. The van der Waals surface area contributed by atoms with Gasteiger partial charge in [0.05, 0.1) is 11.4 Å². The van der Waals surface area contributed by atoms with E-state index in [0.717, 1.165) is 49.7 Å². The van der Waals surface area contributed by atoms with Gasteiger partial charge in [0.1, 0.15) is 5.76 Å². The van der Waals surface area contributed by atoms with Gasteiger partial charge in [-0.2, -0.15) is 0 Å². The zero-order valence-corrected chi connectivity index (χ0v) is 20.3. The van der Waals surface area contributed by atoms with Crippen molar-refractivity contribution >= 4 is 29.4 Å². The van der Waals surface area contributed by atoms with E-state index in [1.807, 2.05) is 30.0 Å². The second kappa shape index (κ2) is 11.1. The number of benzene rings is 2. The fraction of sp³-hybridized carbons (Fsp3) is 0.360. The second-order valence-corrected chi connectivity index (χ2v) is 9.75. The van der Waals surface area contributed by atoms with Gasteiger partial charge in [0.15, 0.2) is 0 Å².